The topological polar surface area (TPSA) is 64.7 Å². The zero-order valence-electron chi connectivity index (χ0n) is 17.1. The number of benzene rings is 1. The van der Waals surface area contributed by atoms with Gasteiger partial charge in [0.15, 0.2) is 0 Å². The lowest BCUT2D eigenvalue weighted by molar-refractivity contribution is -0.137. The number of amides is 1. The fourth-order valence-electron chi connectivity index (χ4n) is 3.12. The first-order valence-corrected chi connectivity index (χ1v) is 9.47. The summed E-state index contributed by atoms with van der Waals surface area (Å²) in [6.07, 6.45) is -3.08. The summed E-state index contributed by atoms with van der Waals surface area (Å²) in [5.74, 6) is -0.256. The first-order valence-electron chi connectivity index (χ1n) is 9.09. The van der Waals surface area contributed by atoms with Gasteiger partial charge in [-0.25, -0.2) is 4.68 Å². The van der Waals surface area contributed by atoms with Crippen molar-refractivity contribution in [3.8, 4) is 5.69 Å². The molecule has 30 heavy (non-hydrogen) atoms. The molecule has 0 aliphatic heterocycles. The predicted octanol–water partition coefficient (Wildman–Crippen LogP) is 5.37. The number of halogens is 4. The van der Waals surface area contributed by atoms with Gasteiger partial charge in [-0.1, -0.05) is 11.6 Å². The van der Waals surface area contributed by atoms with Gasteiger partial charge in [0.2, 0.25) is 0 Å². The van der Waals surface area contributed by atoms with Crippen molar-refractivity contribution in [1.29, 1.82) is 0 Å². The van der Waals surface area contributed by atoms with Crippen LogP contribution in [0.3, 0.4) is 0 Å². The molecular formula is C20H21ClF3N5O. The molecule has 10 heteroatoms. The largest absolute Gasteiger partial charge is 0.416 e. The number of hydrogen-bond donors (Lipinski definition) is 1. The van der Waals surface area contributed by atoms with E-state index in [2.05, 4.69) is 15.5 Å². The zero-order chi connectivity index (χ0) is 22.4. The maximum Gasteiger partial charge on any atom is 0.416 e. The maximum atomic E-state index is 13.1. The van der Waals surface area contributed by atoms with Crippen molar-refractivity contribution in [2.24, 2.45) is 0 Å². The Morgan fingerprint density at radius 3 is 2.37 bits per heavy atom. The summed E-state index contributed by atoms with van der Waals surface area (Å²) in [4.78, 5) is 12.9. The van der Waals surface area contributed by atoms with Crippen molar-refractivity contribution < 1.29 is 18.0 Å². The van der Waals surface area contributed by atoms with Crippen molar-refractivity contribution in [3.05, 3.63) is 58.0 Å². The first kappa shape index (κ1) is 21.9. The minimum atomic E-state index is -4.54. The van der Waals surface area contributed by atoms with E-state index in [-0.39, 0.29) is 22.1 Å². The smallest absolute Gasteiger partial charge is 0.306 e. The number of anilines is 1. The summed E-state index contributed by atoms with van der Waals surface area (Å²) in [6, 6.07) is 4.50. The maximum absolute atomic E-state index is 13.1. The van der Waals surface area contributed by atoms with Gasteiger partial charge in [-0.2, -0.15) is 23.4 Å². The molecule has 2 heterocycles. The van der Waals surface area contributed by atoms with E-state index in [1.165, 1.54) is 10.9 Å². The number of carbonyl (C=O) groups excluding carboxylic acids is 1. The van der Waals surface area contributed by atoms with Gasteiger partial charge in [0.05, 0.1) is 39.3 Å². The zero-order valence-corrected chi connectivity index (χ0v) is 17.9. The third-order valence-corrected chi connectivity index (χ3v) is 4.78. The highest BCUT2D eigenvalue weighted by Crippen LogP contribution is 2.34. The number of nitrogens with one attached hydrogen (secondary N) is 1. The molecule has 1 N–H and O–H groups in total. The van der Waals surface area contributed by atoms with Crippen LogP contribution >= 0.6 is 11.6 Å². The summed E-state index contributed by atoms with van der Waals surface area (Å²) < 4.78 is 42.4. The second-order valence-electron chi connectivity index (χ2n) is 7.93. The fourth-order valence-corrected chi connectivity index (χ4v) is 3.31. The molecule has 0 spiro atoms. The Morgan fingerprint density at radius 2 is 1.80 bits per heavy atom. The van der Waals surface area contributed by atoms with Crippen LogP contribution in [-0.4, -0.2) is 25.5 Å². The van der Waals surface area contributed by atoms with Gasteiger partial charge in [0.1, 0.15) is 5.82 Å². The normalized spacial score (nSPS) is 12.3. The van der Waals surface area contributed by atoms with Crippen LogP contribution in [0, 0.1) is 13.8 Å². The lowest BCUT2D eigenvalue weighted by Crippen LogP contribution is -2.25. The van der Waals surface area contributed by atoms with Gasteiger partial charge in [-0.15, -0.1) is 0 Å². The van der Waals surface area contributed by atoms with Crippen molar-refractivity contribution in [2.75, 3.05) is 5.32 Å². The highest BCUT2D eigenvalue weighted by Gasteiger charge is 2.31. The van der Waals surface area contributed by atoms with Gasteiger partial charge in [-0.3, -0.25) is 9.48 Å². The lowest BCUT2D eigenvalue weighted by atomic mass is 10.1. The van der Waals surface area contributed by atoms with E-state index < -0.39 is 17.6 Å². The Kier molecular flexibility index (Phi) is 5.44. The van der Waals surface area contributed by atoms with Crippen molar-refractivity contribution in [2.45, 2.75) is 46.3 Å². The standard InChI is InChI=1S/C20H21ClF3N5O/c1-11-8-17(26-18(30)14-10-25-29(12(14)2)19(3,4)5)28(27-11)16-9-13(20(22,23)24)6-7-15(16)21/h6-10H,1-5H3,(H,26,30). The third-order valence-electron chi connectivity index (χ3n) is 4.46. The lowest BCUT2D eigenvalue weighted by Gasteiger charge is -2.21. The first-order chi connectivity index (χ1) is 13.8. The molecule has 1 aromatic carbocycles. The molecular weight excluding hydrogens is 419 g/mol. The number of hydrogen-bond acceptors (Lipinski definition) is 3. The van der Waals surface area contributed by atoms with Crippen LogP contribution in [0.5, 0.6) is 0 Å². The Labute approximate surface area is 176 Å². The summed E-state index contributed by atoms with van der Waals surface area (Å²) in [5, 5.41) is 11.3. The number of aromatic nitrogens is 4. The molecule has 0 bridgehead atoms. The Bertz CT molecular complexity index is 1110. The summed E-state index contributed by atoms with van der Waals surface area (Å²) >= 11 is 6.14. The molecule has 3 aromatic rings. The van der Waals surface area contributed by atoms with E-state index in [0.29, 0.717) is 17.0 Å². The van der Waals surface area contributed by atoms with Crippen LogP contribution in [0.25, 0.3) is 5.69 Å². The molecule has 0 unspecified atom stereocenters. The van der Waals surface area contributed by atoms with Gasteiger partial charge in [-0.05, 0) is 52.8 Å². The van der Waals surface area contributed by atoms with E-state index in [9.17, 15) is 18.0 Å². The SMILES string of the molecule is Cc1cc(NC(=O)c2cnn(C(C)(C)C)c2C)n(-c2cc(C(F)(F)F)ccc2Cl)n1. The van der Waals surface area contributed by atoms with Crippen molar-refractivity contribution >= 4 is 23.3 Å². The molecule has 0 radical (unpaired) electrons. The van der Waals surface area contributed by atoms with Crippen molar-refractivity contribution in [3.63, 3.8) is 0 Å². The van der Waals surface area contributed by atoms with E-state index in [1.54, 1.807) is 24.6 Å². The van der Waals surface area contributed by atoms with E-state index >= 15 is 0 Å². The molecule has 3 rings (SSSR count). The summed E-state index contributed by atoms with van der Waals surface area (Å²) in [6.45, 7) is 9.32. The molecule has 0 saturated heterocycles. The highest BCUT2D eigenvalue weighted by atomic mass is 35.5. The summed E-state index contributed by atoms with van der Waals surface area (Å²) in [5.41, 5.74) is 0.352. The van der Waals surface area contributed by atoms with Gasteiger partial charge < -0.3 is 5.32 Å². The fraction of sp³-hybridized carbons (Fsp3) is 0.350. The van der Waals surface area contributed by atoms with Gasteiger partial charge in [0, 0.05) is 11.8 Å². The molecule has 1 amide bonds. The van der Waals surface area contributed by atoms with Crippen LogP contribution in [0.1, 0.15) is 48.1 Å². The Balaban J connectivity index is 2.00. The predicted molar refractivity (Wildman–Crippen MR) is 108 cm³/mol. The average Bonchev–Trinajstić information content (AvgIpc) is 3.16. The number of alkyl halides is 3. The molecule has 0 atom stereocenters. The molecule has 6 nitrogen and oxygen atoms in total. The van der Waals surface area contributed by atoms with Crippen LogP contribution in [0.4, 0.5) is 19.0 Å². The minimum absolute atomic E-state index is 0.0111. The van der Waals surface area contributed by atoms with Gasteiger partial charge in [0.25, 0.3) is 5.91 Å². The Hall–Kier alpha value is -2.81. The van der Waals surface area contributed by atoms with E-state index in [1.807, 2.05) is 20.8 Å². The highest BCUT2D eigenvalue weighted by molar-refractivity contribution is 6.32. The van der Waals surface area contributed by atoms with Crippen molar-refractivity contribution in [1.82, 2.24) is 19.6 Å². The monoisotopic (exact) mass is 439 g/mol. The van der Waals surface area contributed by atoms with Crippen LogP contribution in [-0.2, 0) is 11.7 Å². The van der Waals surface area contributed by atoms with Gasteiger partial charge >= 0.3 is 6.18 Å². The molecule has 0 aliphatic rings. The minimum Gasteiger partial charge on any atom is -0.306 e. The quantitative estimate of drug-likeness (QED) is 0.597. The second kappa shape index (κ2) is 7.46. The number of rotatable bonds is 3. The second-order valence-corrected chi connectivity index (χ2v) is 8.33. The molecule has 2 aromatic heterocycles. The molecule has 160 valence electrons. The van der Waals surface area contributed by atoms with Crippen LogP contribution in [0.15, 0.2) is 30.5 Å². The van der Waals surface area contributed by atoms with E-state index in [0.717, 1.165) is 18.2 Å². The summed E-state index contributed by atoms with van der Waals surface area (Å²) in [7, 11) is 0. The molecule has 0 fully saturated rings. The Morgan fingerprint density at radius 1 is 1.13 bits per heavy atom. The number of aryl methyl sites for hydroxylation is 1. The number of nitrogens with zero attached hydrogens (tertiary/aromatic N) is 4. The third kappa shape index (κ3) is 4.21. The van der Waals surface area contributed by atoms with E-state index in [4.69, 9.17) is 11.6 Å². The molecule has 0 saturated carbocycles. The number of carbonyl (C=O) groups is 1. The van der Waals surface area contributed by atoms with Crippen LogP contribution in [0.2, 0.25) is 5.02 Å². The molecule has 0 aliphatic carbocycles. The average molecular weight is 440 g/mol. The van der Waals surface area contributed by atoms with Crippen LogP contribution < -0.4 is 5.32 Å².